The van der Waals surface area contributed by atoms with E-state index in [9.17, 15) is 14.4 Å². The fourth-order valence-electron chi connectivity index (χ4n) is 2.64. The number of thioether (sulfide) groups is 1. The second kappa shape index (κ2) is 6.27. The number of amidine groups is 1. The van der Waals surface area contributed by atoms with Crippen LogP contribution in [0.5, 0.6) is 0 Å². The third-order valence-electron chi connectivity index (χ3n) is 4.04. The minimum absolute atomic E-state index is 0.328. The molecule has 0 radical (unpaired) electrons. The van der Waals surface area contributed by atoms with Crippen LogP contribution in [0.25, 0.3) is 0 Å². The number of carbonyl (C=O) groups is 3. The molecule has 1 aromatic carbocycles. The number of aliphatic imine (C=N–C) groups is 1. The lowest BCUT2D eigenvalue weighted by atomic mass is 9.91. The third-order valence-corrected chi connectivity index (χ3v) is 4.93. The first kappa shape index (κ1) is 16.5. The van der Waals surface area contributed by atoms with Crippen molar-refractivity contribution in [1.82, 2.24) is 15.5 Å². The monoisotopic (exact) mass is 346 g/mol. The van der Waals surface area contributed by atoms with E-state index in [0.717, 1.165) is 16.2 Å². The molecule has 0 saturated carbocycles. The van der Waals surface area contributed by atoms with Gasteiger partial charge in [-0.1, -0.05) is 41.6 Å². The molecule has 0 unspecified atom stereocenters. The highest BCUT2D eigenvalue weighted by Gasteiger charge is 2.49. The average Bonchev–Trinajstić information content (AvgIpc) is 3.11. The van der Waals surface area contributed by atoms with Gasteiger partial charge in [-0.25, -0.2) is 4.79 Å². The van der Waals surface area contributed by atoms with Crippen LogP contribution in [0.15, 0.2) is 29.3 Å². The number of benzene rings is 1. The van der Waals surface area contributed by atoms with Crippen molar-refractivity contribution in [2.75, 3.05) is 18.8 Å². The molecule has 2 aliphatic rings. The molecular formula is C16H18N4O3S. The van der Waals surface area contributed by atoms with Crippen LogP contribution in [0.3, 0.4) is 0 Å². The highest BCUT2D eigenvalue weighted by molar-refractivity contribution is 8.14. The maximum absolute atomic E-state index is 12.7. The summed E-state index contributed by atoms with van der Waals surface area (Å²) in [4.78, 5) is 42.0. The zero-order valence-corrected chi connectivity index (χ0v) is 14.3. The third kappa shape index (κ3) is 3.01. The number of amides is 4. The lowest BCUT2D eigenvalue weighted by Gasteiger charge is -2.22. The van der Waals surface area contributed by atoms with Crippen LogP contribution >= 0.6 is 11.8 Å². The minimum Gasteiger partial charge on any atom is -0.319 e. The highest BCUT2D eigenvalue weighted by atomic mass is 32.2. The summed E-state index contributed by atoms with van der Waals surface area (Å²) < 4.78 is 0. The first-order chi connectivity index (χ1) is 11.4. The molecule has 0 spiro atoms. The standard InChI is InChI=1S/C16H18N4O3S/c1-10-3-5-11(6-4-10)16(2)13(22)20(15(23)19-16)9-12(21)18-14-17-7-8-24-14/h3-6H,7-9H2,1-2H3,(H,19,23)(H,17,18,21)/t16-/m1/s1. The number of hydrogen-bond donors (Lipinski definition) is 2. The molecule has 7 nitrogen and oxygen atoms in total. The molecule has 24 heavy (non-hydrogen) atoms. The number of imide groups is 1. The zero-order valence-electron chi connectivity index (χ0n) is 13.5. The number of urea groups is 1. The van der Waals surface area contributed by atoms with Gasteiger partial charge in [0.2, 0.25) is 5.91 Å². The molecule has 2 N–H and O–H groups in total. The largest absolute Gasteiger partial charge is 0.325 e. The number of hydrogen-bond acceptors (Lipinski definition) is 5. The number of nitrogens with zero attached hydrogens (tertiary/aromatic N) is 2. The van der Waals surface area contributed by atoms with E-state index in [1.807, 2.05) is 19.1 Å². The van der Waals surface area contributed by atoms with Gasteiger partial charge in [0.25, 0.3) is 5.91 Å². The van der Waals surface area contributed by atoms with Crippen molar-refractivity contribution >= 4 is 34.8 Å². The zero-order chi connectivity index (χ0) is 17.3. The Balaban J connectivity index is 1.73. The SMILES string of the molecule is Cc1ccc([C@@]2(C)NC(=O)N(CC(=O)NC3=NCCS3)C2=O)cc1. The topological polar surface area (TPSA) is 90.9 Å². The Morgan fingerprint density at radius 1 is 1.38 bits per heavy atom. The molecule has 1 saturated heterocycles. The first-order valence-corrected chi connectivity index (χ1v) is 8.57. The quantitative estimate of drug-likeness (QED) is 0.798. The Bertz CT molecular complexity index is 731. The van der Waals surface area contributed by atoms with E-state index in [0.29, 0.717) is 17.3 Å². The van der Waals surface area contributed by atoms with E-state index in [1.165, 1.54) is 11.8 Å². The van der Waals surface area contributed by atoms with Crippen LogP contribution in [0.4, 0.5) is 4.79 Å². The fraction of sp³-hybridized carbons (Fsp3) is 0.375. The van der Waals surface area contributed by atoms with Crippen molar-refractivity contribution in [2.24, 2.45) is 4.99 Å². The smallest absolute Gasteiger partial charge is 0.319 e. The molecule has 3 rings (SSSR count). The minimum atomic E-state index is -1.16. The summed E-state index contributed by atoms with van der Waals surface area (Å²) in [6.07, 6.45) is 0. The predicted molar refractivity (Wildman–Crippen MR) is 91.7 cm³/mol. The normalized spacial score (nSPS) is 23.2. The van der Waals surface area contributed by atoms with Gasteiger partial charge in [-0.05, 0) is 19.4 Å². The van der Waals surface area contributed by atoms with Crippen molar-refractivity contribution < 1.29 is 14.4 Å². The second-order valence-electron chi connectivity index (χ2n) is 5.90. The van der Waals surface area contributed by atoms with Gasteiger partial charge in [0.05, 0.1) is 6.54 Å². The van der Waals surface area contributed by atoms with Crippen LogP contribution in [0.1, 0.15) is 18.1 Å². The molecule has 126 valence electrons. The van der Waals surface area contributed by atoms with Gasteiger partial charge in [-0.2, -0.15) is 0 Å². The van der Waals surface area contributed by atoms with Gasteiger partial charge in [0.15, 0.2) is 5.17 Å². The Hall–Kier alpha value is -2.35. The molecule has 1 aromatic rings. The summed E-state index contributed by atoms with van der Waals surface area (Å²) in [6, 6.07) is 6.80. The predicted octanol–water partition coefficient (Wildman–Crippen LogP) is 0.981. The van der Waals surface area contributed by atoms with Crippen molar-refractivity contribution in [1.29, 1.82) is 0 Å². The first-order valence-electron chi connectivity index (χ1n) is 7.58. The van der Waals surface area contributed by atoms with Crippen LogP contribution in [0.2, 0.25) is 0 Å². The van der Waals surface area contributed by atoms with E-state index in [1.54, 1.807) is 19.1 Å². The fourth-order valence-corrected chi connectivity index (χ4v) is 3.38. The van der Waals surface area contributed by atoms with Gasteiger partial charge >= 0.3 is 6.03 Å². The van der Waals surface area contributed by atoms with Crippen LogP contribution in [0, 0.1) is 6.92 Å². The van der Waals surface area contributed by atoms with Crippen molar-refractivity contribution in [3.05, 3.63) is 35.4 Å². The molecule has 0 bridgehead atoms. The summed E-state index contributed by atoms with van der Waals surface area (Å²) in [5, 5.41) is 5.84. The molecule has 4 amide bonds. The Morgan fingerprint density at radius 3 is 2.71 bits per heavy atom. The molecule has 2 heterocycles. The lowest BCUT2D eigenvalue weighted by molar-refractivity contribution is -0.134. The Morgan fingerprint density at radius 2 is 2.08 bits per heavy atom. The van der Waals surface area contributed by atoms with Crippen LogP contribution < -0.4 is 10.6 Å². The maximum atomic E-state index is 12.7. The van der Waals surface area contributed by atoms with Gasteiger partial charge < -0.3 is 10.6 Å². The number of nitrogens with one attached hydrogen (secondary N) is 2. The molecule has 2 aliphatic heterocycles. The van der Waals surface area contributed by atoms with Crippen LogP contribution in [-0.4, -0.2) is 46.8 Å². The molecule has 8 heteroatoms. The molecular weight excluding hydrogens is 328 g/mol. The van der Waals surface area contributed by atoms with Gasteiger partial charge in [-0.15, -0.1) is 0 Å². The Kier molecular flexibility index (Phi) is 4.31. The van der Waals surface area contributed by atoms with Gasteiger partial charge in [-0.3, -0.25) is 19.5 Å². The van der Waals surface area contributed by atoms with Crippen molar-refractivity contribution in [2.45, 2.75) is 19.4 Å². The van der Waals surface area contributed by atoms with E-state index >= 15 is 0 Å². The average molecular weight is 346 g/mol. The Labute approximate surface area is 143 Å². The molecule has 0 aliphatic carbocycles. The summed E-state index contributed by atoms with van der Waals surface area (Å²) in [5.74, 6) is -0.0446. The summed E-state index contributed by atoms with van der Waals surface area (Å²) in [7, 11) is 0. The highest BCUT2D eigenvalue weighted by Crippen LogP contribution is 2.28. The molecule has 1 fully saturated rings. The van der Waals surface area contributed by atoms with E-state index < -0.39 is 23.4 Å². The number of aryl methyl sites for hydroxylation is 1. The van der Waals surface area contributed by atoms with Crippen molar-refractivity contribution in [3.63, 3.8) is 0 Å². The summed E-state index contributed by atoms with van der Waals surface area (Å²) in [5.41, 5.74) is 0.584. The van der Waals surface area contributed by atoms with Gasteiger partial charge in [0.1, 0.15) is 12.1 Å². The number of rotatable bonds is 3. The van der Waals surface area contributed by atoms with E-state index in [2.05, 4.69) is 15.6 Å². The summed E-state index contributed by atoms with van der Waals surface area (Å²) >= 11 is 1.44. The maximum Gasteiger partial charge on any atom is 0.325 e. The second-order valence-corrected chi connectivity index (χ2v) is 6.98. The van der Waals surface area contributed by atoms with Gasteiger partial charge in [0, 0.05) is 5.75 Å². The van der Waals surface area contributed by atoms with E-state index in [-0.39, 0.29) is 6.54 Å². The van der Waals surface area contributed by atoms with Crippen molar-refractivity contribution in [3.8, 4) is 0 Å². The van der Waals surface area contributed by atoms with Crippen LogP contribution in [-0.2, 0) is 15.1 Å². The number of carbonyl (C=O) groups excluding carboxylic acids is 3. The summed E-state index contributed by atoms with van der Waals surface area (Å²) in [6.45, 7) is 3.93. The molecule has 0 aromatic heterocycles. The lowest BCUT2D eigenvalue weighted by Crippen LogP contribution is -2.43. The van der Waals surface area contributed by atoms with E-state index in [4.69, 9.17) is 0 Å². The molecule has 1 atom stereocenters.